The highest BCUT2D eigenvalue weighted by Gasteiger charge is 2.08. The molecule has 2 aromatic rings. The van der Waals surface area contributed by atoms with Crippen molar-refractivity contribution in [3.05, 3.63) is 47.0 Å². The van der Waals surface area contributed by atoms with Gasteiger partial charge in [-0.2, -0.15) is 5.10 Å². The molecule has 18 heavy (non-hydrogen) atoms. The molecule has 4 nitrogen and oxygen atoms in total. The summed E-state index contributed by atoms with van der Waals surface area (Å²) in [6, 6.07) is 8.34. The maximum atomic E-state index is 5.89. The average molecular weight is 265 g/mol. The van der Waals surface area contributed by atoms with Crippen LogP contribution in [-0.4, -0.2) is 21.7 Å². The van der Waals surface area contributed by atoms with Crippen LogP contribution in [0.4, 0.5) is 0 Å². The molecular formula is C13H17ClN4. The maximum absolute atomic E-state index is 5.89. The molecule has 0 amide bonds. The van der Waals surface area contributed by atoms with E-state index in [1.165, 1.54) is 11.9 Å². The topological polar surface area (TPSA) is 53.6 Å². The first-order valence-electron chi connectivity index (χ1n) is 6.12. The third kappa shape index (κ3) is 3.55. The lowest BCUT2D eigenvalue weighted by Crippen LogP contribution is -2.23. The third-order valence-electron chi connectivity index (χ3n) is 2.90. The van der Waals surface area contributed by atoms with Crippen LogP contribution in [0.1, 0.15) is 30.8 Å². The molecule has 96 valence electrons. The quantitative estimate of drug-likeness (QED) is 0.844. The molecular weight excluding hydrogens is 248 g/mol. The van der Waals surface area contributed by atoms with Gasteiger partial charge in [0.15, 0.2) is 0 Å². The summed E-state index contributed by atoms with van der Waals surface area (Å²) < 4.78 is 0. The molecule has 1 atom stereocenters. The molecule has 1 heterocycles. The highest BCUT2D eigenvalue weighted by atomic mass is 35.5. The molecule has 2 rings (SSSR count). The van der Waals surface area contributed by atoms with Gasteiger partial charge in [0.25, 0.3) is 0 Å². The van der Waals surface area contributed by atoms with Crippen LogP contribution in [0.3, 0.4) is 0 Å². The molecule has 0 saturated heterocycles. The van der Waals surface area contributed by atoms with Crippen LogP contribution in [0, 0.1) is 0 Å². The fourth-order valence-electron chi connectivity index (χ4n) is 1.91. The Morgan fingerprint density at radius 3 is 2.72 bits per heavy atom. The lowest BCUT2D eigenvalue weighted by atomic mass is 10.0. The van der Waals surface area contributed by atoms with E-state index in [2.05, 4.69) is 39.6 Å². The number of aromatic amines is 1. The molecule has 0 bridgehead atoms. The number of nitrogens with zero attached hydrogens (tertiary/aromatic N) is 2. The summed E-state index contributed by atoms with van der Waals surface area (Å²) in [5, 5.41) is 11.0. The number of hydrogen-bond donors (Lipinski definition) is 2. The first-order valence-corrected chi connectivity index (χ1v) is 6.50. The first kappa shape index (κ1) is 13.1. The predicted octanol–water partition coefficient (Wildman–Crippen LogP) is 2.74. The Bertz CT molecular complexity index is 452. The van der Waals surface area contributed by atoms with E-state index in [4.69, 9.17) is 11.6 Å². The number of aromatic nitrogens is 3. The molecule has 0 saturated carbocycles. The van der Waals surface area contributed by atoms with Crippen LogP contribution in [0.25, 0.3) is 0 Å². The second kappa shape index (κ2) is 6.52. The van der Waals surface area contributed by atoms with E-state index in [0.717, 1.165) is 30.2 Å². The van der Waals surface area contributed by atoms with E-state index in [-0.39, 0.29) is 0 Å². The zero-order valence-corrected chi connectivity index (χ0v) is 11.1. The lowest BCUT2D eigenvalue weighted by molar-refractivity contribution is 0.519. The van der Waals surface area contributed by atoms with Crippen molar-refractivity contribution in [2.45, 2.75) is 25.8 Å². The van der Waals surface area contributed by atoms with Gasteiger partial charge in [0.2, 0.25) is 0 Å². The molecule has 1 aromatic carbocycles. The van der Waals surface area contributed by atoms with E-state index in [0.29, 0.717) is 6.04 Å². The highest BCUT2D eigenvalue weighted by molar-refractivity contribution is 6.30. The maximum Gasteiger partial charge on any atom is 0.137 e. The van der Waals surface area contributed by atoms with Crippen LogP contribution in [0.2, 0.25) is 5.02 Å². The fourth-order valence-corrected chi connectivity index (χ4v) is 2.04. The van der Waals surface area contributed by atoms with Gasteiger partial charge in [-0.25, -0.2) is 4.98 Å². The smallest absolute Gasteiger partial charge is 0.137 e. The average Bonchev–Trinajstić information content (AvgIpc) is 2.89. The molecule has 1 aromatic heterocycles. The molecule has 0 aliphatic rings. The van der Waals surface area contributed by atoms with Crippen molar-refractivity contribution >= 4 is 11.6 Å². The van der Waals surface area contributed by atoms with Gasteiger partial charge in [0, 0.05) is 24.0 Å². The van der Waals surface area contributed by atoms with Crippen LogP contribution >= 0.6 is 11.6 Å². The number of nitrogens with one attached hydrogen (secondary N) is 2. The van der Waals surface area contributed by atoms with Crippen molar-refractivity contribution in [2.75, 3.05) is 6.54 Å². The Kier molecular flexibility index (Phi) is 4.73. The van der Waals surface area contributed by atoms with E-state index in [1.54, 1.807) is 0 Å². The Morgan fingerprint density at radius 1 is 1.33 bits per heavy atom. The monoisotopic (exact) mass is 264 g/mol. The minimum atomic E-state index is 0.352. The summed E-state index contributed by atoms with van der Waals surface area (Å²) in [5.41, 5.74) is 1.26. The second-order valence-corrected chi connectivity index (χ2v) is 4.59. The van der Waals surface area contributed by atoms with E-state index in [9.17, 15) is 0 Å². The van der Waals surface area contributed by atoms with Crippen molar-refractivity contribution in [2.24, 2.45) is 0 Å². The summed E-state index contributed by atoms with van der Waals surface area (Å²) in [5.74, 6) is 0.911. The summed E-state index contributed by atoms with van der Waals surface area (Å²) in [6.07, 6.45) is 3.42. The minimum absolute atomic E-state index is 0.352. The number of rotatable bonds is 6. The third-order valence-corrected chi connectivity index (χ3v) is 3.15. The Balaban J connectivity index is 1.87. The lowest BCUT2D eigenvalue weighted by Gasteiger charge is -2.17. The van der Waals surface area contributed by atoms with E-state index < -0.39 is 0 Å². The summed E-state index contributed by atoms with van der Waals surface area (Å²) >= 11 is 5.89. The fraction of sp³-hybridized carbons (Fsp3) is 0.385. The largest absolute Gasteiger partial charge is 0.310 e. The van der Waals surface area contributed by atoms with Crippen LogP contribution < -0.4 is 5.32 Å². The van der Waals surface area contributed by atoms with Crippen LogP contribution in [0.5, 0.6) is 0 Å². The highest BCUT2D eigenvalue weighted by Crippen LogP contribution is 2.18. The Morgan fingerprint density at radius 2 is 2.11 bits per heavy atom. The Hall–Kier alpha value is -1.39. The van der Waals surface area contributed by atoms with Gasteiger partial charge in [-0.3, -0.25) is 5.10 Å². The van der Waals surface area contributed by atoms with Gasteiger partial charge in [-0.15, -0.1) is 0 Å². The normalized spacial score (nSPS) is 12.6. The summed E-state index contributed by atoms with van der Waals surface area (Å²) in [4.78, 5) is 4.10. The standard InChI is InChI=1S/C13H17ClN4/c1-2-12(10-3-5-11(14)6-4-10)15-8-7-13-16-9-17-18-13/h3-6,9,12,15H,2,7-8H2,1H3,(H,16,17,18). The molecule has 0 fully saturated rings. The van der Waals surface area contributed by atoms with Gasteiger partial charge >= 0.3 is 0 Å². The Labute approximate surface area is 112 Å². The van der Waals surface area contributed by atoms with Gasteiger partial charge in [0.05, 0.1) is 0 Å². The van der Waals surface area contributed by atoms with Crippen molar-refractivity contribution < 1.29 is 0 Å². The van der Waals surface area contributed by atoms with Crippen molar-refractivity contribution in [1.82, 2.24) is 20.5 Å². The van der Waals surface area contributed by atoms with Gasteiger partial charge in [0.1, 0.15) is 12.2 Å². The van der Waals surface area contributed by atoms with Gasteiger partial charge in [-0.1, -0.05) is 30.7 Å². The molecule has 0 aliphatic carbocycles. The summed E-state index contributed by atoms with van der Waals surface area (Å²) in [6.45, 7) is 3.04. The molecule has 1 unspecified atom stereocenters. The van der Waals surface area contributed by atoms with E-state index >= 15 is 0 Å². The SMILES string of the molecule is CCC(NCCc1ncn[nH]1)c1ccc(Cl)cc1. The number of hydrogen-bond acceptors (Lipinski definition) is 3. The molecule has 2 N–H and O–H groups in total. The molecule has 0 radical (unpaired) electrons. The molecule has 0 spiro atoms. The second-order valence-electron chi connectivity index (χ2n) is 4.15. The van der Waals surface area contributed by atoms with Gasteiger partial charge < -0.3 is 5.32 Å². The van der Waals surface area contributed by atoms with Crippen molar-refractivity contribution in [1.29, 1.82) is 0 Å². The summed E-state index contributed by atoms with van der Waals surface area (Å²) in [7, 11) is 0. The zero-order chi connectivity index (χ0) is 12.8. The molecule has 0 aliphatic heterocycles. The predicted molar refractivity (Wildman–Crippen MR) is 72.6 cm³/mol. The van der Waals surface area contributed by atoms with Crippen molar-refractivity contribution in [3.63, 3.8) is 0 Å². The molecule has 5 heteroatoms. The van der Waals surface area contributed by atoms with Crippen LogP contribution in [0.15, 0.2) is 30.6 Å². The zero-order valence-electron chi connectivity index (χ0n) is 10.4. The van der Waals surface area contributed by atoms with Crippen LogP contribution in [-0.2, 0) is 6.42 Å². The van der Waals surface area contributed by atoms with Gasteiger partial charge in [-0.05, 0) is 24.1 Å². The number of benzene rings is 1. The first-order chi connectivity index (χ1) is 8.79. The number of halogens is 1. The van der Waals surface area contributed by atoms with Crippen molar-refractivity contribution in [3.8, 4) is 0 Å². The number of H-pyrrole nitrogens is 1. The van der Waals surface area contributed by atoms with E-state index in [1.807, 2.05) is 12.1 Å². The minimum Gasteiger partial charge on any atom is -0.310 e.